The smallest absolute Gasteiger partial charge is 0.0710 e. The van der Waals surface area contributed by atoms with Crippen LogP contribution < -0.4 is 0 Å². The van der Waals surface area contributed by atoms with Crippen molar-refractivity contribution >= 4 is 22.5 Å². The van der Waals surface area contributed by atoms with Crippen LogP contribution in [0, 0.1) is 0 Å². The zero-order chi connectivity index (χ0) is 17.9. The first-order chi connectivity index (χ1) is 12.5. The van der Waals surface area contributed by atoms with Crippen LogP contribution in [0.5, 0.6) is 0 Å². The van der Waals surface area contributed by atoms with Crippen molar-refractivity contribution in [3.63, 3.8) is 0 Å². The van der Waals surface area contributed by atoms with E-state index in [0.29, 0.717) is 0 Å². The Labute approximate surface area is 158 Å². The predicted molar refractivity (Wildman–Crippen MR) is 110 cm³/mol. The summed E-state index contributed by atoms with van der Waals surface area (Å²) in [6.07, 6.45) is 0. The summed E-state index contributed by atoms with van der Waals surface area (Å²) in [5.41, 5.74) is 8.57. The fourth-order valence-corrected chi connectivity index (χ4v) is 4.30. The minimum absolute atomic E-state index is 0.00626. The summed E-state index contributed by atoms with van der Waals surface area (Å²) in [4.78, 5) is 4.85. The lowest BCUT2D eigenvalue weighted by molar-refractivity contribution is 0.660. The first kappa shape index (κ1) is 15.6. The zero-order valence-electron chi connectivity index (χ0n) is 14.8. The molecule has 0 amide bonds. The summed E-state index contributed by atoms with van der Waals surface area (Å²) >= 11 is 6.09. The van der Waals surface area contributed by atoms with Crippen LogP contribution in [0.4, 0.5) is 0 Å². The van der Waals surface area contributed by atoms with Gasteiger partial charge in [0, 0.05) is 21.4 Å². The van der Waals surface area contributed by atoms with Gasteiger partial charge in [0.25, 0.3) is 0 Å². The summed E-state index contributed by atoms with van der Waals surface area (Å²) in [5, 5.41) is 1.80. The molecule has 0 fully saturated rings. The van der Waals surface area contributed by atoms with Crippen molar-refractivity contribution in [3.05, 3.63) is 88.9 Å². The average Bonchev–Trinajstić information content (AvgIpc) is 2.89. The van der Waals surface area contributed by atoms with Crippen LogP contribution in [0.1, 0.15) is 25.0 Å². The highest BCUT2D eigenvalue weighted by Gasteiger charge is 2.35. The van der Waals surface area contributed by atoms with Gasteiger partial charge >= 0.3 is 0 Å². The third-order valence-corrected chi connectivity index (χ3v) is 5.77. The SMILES string of the molecule is CC1(C)c2ccccc2-c2ccc(-c3ccc4cc(Cl)ccc4n3)cc21. The van der Waals surface area contributed by atoms with Crippen LogP contribution in [0.2, 0.25) is 5.02 Å². The highest BCUT2D eigenvalue weighted by atomic mass is 35.5. The number of pyridine rings is 1. The topological polar surface area (TPSA) is 12.9 Å². The molecule has 5 rings (SSSR count). The fourth-order valence-electron chi connectivity index (χ4n) is 4.12. The standard InChI is InChI=1S/C24H18ClN/c1-24(2)20-6-4-3-5-18(20)19-10-7-16(14-21(19)24)22-11-8-15-13-17(25)9-12-23(15)26-22/h3-14H,1-2H3. The first-order valence-electron chi connectivity index (χ1n) is 8.85. The first-order valence-corrected chi connectivity index (χ1v) is 9.23. The minimum Gasteiger partial charge on any atom is -0.248 e. The van der Waals surface area contributed by atoms with Gasteiger partial charge < -0.3 is 0 Å². The van der Waals surface area contributed by atoms with E-state index in [1.54, 1.807) is 0 Å². The lowest BCUT2D eigenvalue weighted by Crippen LogP contribution is -2.14. The van der Waals surface area contributed by atoms with E-state index in [-0.39, 0.29) is 5.41 Å². The molecule has 1 aliphatic rings. The van der Waals surface area contributed by atoms with E-state index in [4.69, 9.17) is 16.6 Å². The summed E-state index contributed by atoms with van der Waals surface area (Å²) in [6.45, 7) is 4.61. The predicted octanol–water partition coefficient (Wildman–Crippen LogP) is 6.86. The van der Waals surface area contributed by atoms with Gasteiger partial charge in [0.2, 0.25) is 0 Å². The monoisotopic (exact) mass is 355 g/mol. The van der Waals surface area contributed by atoms with Gasteiger partial charge in [-0.2, -0.15) is 0 Å². The molecular formula is C24H18ClN. The quantitative estimate of drug-likeness (QED) is 0.363. The van der Waals surface area contributed by atoms with Crippen molar-refractivity contribution < 1.29 is 0 Å². The molecule has 0 radical (unpaired) electrons. The maximum Gasteiger partial charge on any atom is 0.0710 e. The van der Waals surface area contributed by atoms with Gasteiger partial charge in [-0.05, 0) is 52.6 Å². The molecule has 1 nitrogen and oxygen atoms in total. The minimum atomic E-state index is 0.00626. The molecule has 1 aromatic heterocycles. The van der Waals surface area contributed by atoms with Gasteiger partial charge in [-0.1, -0.05) is 67.9 Å². The molecule has 0 atom stereocenters. The van der Waals surface area contributed by atoms with Crippen molar-refractivity contribution in [3.8, 4) is 22.4 Å². The number of hydrogen-bond acceptors (Lipinski definition) is 1. The lowest BCUT2D eigenvalue weighted by Gasteiger charge is -2.21. The summed E-state index contributed by atoms with van der Waals surface area (Å²) < 4.78 is 0. The molecule has 126 valence electrons. The van der Waals surface area contributed by atoms with Gasteiger partial charge in [-0.15, -0.1) is 0 Å². The van der Waals surface area contributed by atoms with Crippen molar-refractivity contribution in [1.82, 2.24) is 4.98 Å². The summed E-state index contributed by atoms with van der Waals surface area (Å²) in [5.74, 6) is 0. The third-order valence-electron chi connectivity index (χ3n) is 5.53. The summed E-state index contributed by atoms with van der Waals surface area (Å²) in [7, 11) is 0. The molecule has 0 saturated carbocycles. The van der Waals surface area contributed by atoms with E-state index in [9.17, 15) is 0 Å². The fraction of sp³-hybridized carbons (Fsp3) is 0.125. The van der Waals surface area contributed by atoms with Crippen LogP contribution >= 0.6 is 11.6 Å². The Morgan fingerprint density at radius 2 is 1.58 bits per heavy atom. The zero-order valence-corrected chi connectivity index (χ0v) is 15.5. The molecule has 0 saturated heterocycles. The molecule has 4 aromatic rings. The number of benzene rings is 3. The third kappa shape index (κ3) is 2.21. The largest absolute Gasteiger partial charge is 0.248 e. The molecule has 0 bridgehead atoms. The maximum absolute atomic E-state index is 6.09. The van der Waals surface area contributed by atoms with Crippen molar-refractivity contribution in [2.45, 2.75) is 19.3 Å². The van der Waals surface area contributed by atoms with E-state index < -0.39 is 0 Å². The highest BCUT2D eigenvalue weighted by molar-refractivity contribution is 6.31. The molecule has 1 heterocycles. The van der Waals surface area contributed by atoms with Crippen LogP contribution in [-0.4, -0.2) is 4.98 Å². The second-order valence-corrected chi connectivity index (χ2v) is 7.90. The van der Waals surface area contributed by atoms with Gasteiger partial charge in [0.15, 0.2) is 0 Å². The maximum atomic E-state index is 6.09. The Kier molecular flexibility index (Phi) is 3.26. The second-order valence-electron chi connectivity index (χ2n) is 7.46. The van der Waals surface area contributed by atoms with Gasteiger partial charge in [-0.25, -0.2) is 4.98 Å². The molecule has 0 unspecified atom stereocenters. The van der Waals surface area contributed by atoms with E-state index in [1.807, 2.05) is 18.2 Å². The molecule has 3 aromatic carbocycles. The van der Waals surface area contributed by atoms with Crippen molar-refractivity contribution in [1.29, 1.82) is 0 Å². The molecule has 0 N–H and O–H groups in total. The number of hydrogen-bond donors (Lipinski definition) is 0. The Balaban J connectivity index is 1.67. The van der Waals surface area contributed by atoms with E-state index >= 15 is 0 Å². The van der Waals surface area contributed by atoms with Crippen molar-refractivity contribution in [2.24, 2.45) is 0 Å². The number of rotatable bonds is 1. The number of halogens is 1. The van der Waals surface area contributed by atoms with Crippen LogP contribution in [-0.2, 0) is 5.41 Å². The molecule has 0 spiro atoms. The van der Waals surface area contributed by atoms with E-state index in [2.05, 4.69) is 68.4 Å². The highest BCUT2D eigenvalue weighted by Crippen LogP contribution is 2.49. The molecule has 2 heteroatoms. The normalized spacial score (nSPS) is 14.3. The van der Waals surface area contributed by atoms with E-state index in [0.717, 1.165) is 27.2 Å². The Bertz CT molecular complexity index is 1170. The number of fused-ring (bicyclic) bond motifs is 4. The Hall–Kier alpha value is -2.64. The van der Waals surface area contributed by atoms with Crippen LogP contribution in [0.3, 0.4) is 0 Å². The van der Waals surface area contributed by atoms with Gasteiger partial charge in [0.05, 0.1) is 11.2 Å². The lowest BCUT2D eigenvalue weighted by atomic mass is 9.82. The number of nitrogens with zero attached hydrogens (tertiary/aromatic N) is 1. The molecule has 0 aliphatic heterocycles. The average molecular weight is 356 g/mol. The Morgan fingerprint density at radius 1 is 0.769 bits per heavy atom. The van der Waals surface area contributed by atoms with Crippen LogP contribution in [0.15, 0.2) is 72.8 Å². The summed E-state index contributed by atoms with van der Waals surface area (Å²) in [6, 6.07) is 25.4. The van der Waals surface area contributed by atoms with Gasteiger partial charge in [0.1, 0.15) is 0 Å². The van der Waals surface area contributed by atoms with E-state index in [1.165, 1.54) is 22.3 Å². The van der Waals surface area contributed by atoms with Crippen molar-refractivity contribution in [2.75, 3.05) is 0 Å². The number of aromatic nitrogens is 1. The van der Waals surface area contributed by atoms with Crippen LogP contribution in [0.25, 0.3) is 33.3 Å². The van der Waals surface area contributed by atoms with Gasteiger partial charge in [-0.3, -0.25) is 0 Å². The molecule has 26 heavy (non-hydrogen) atoms. The second kappa shape index (κ2) is 5.43. The molecule has 1 aliphatic carbocycles. The Morgan fingerprint density at radius 3 is 2.46 bits per heavy atom. The molecular weight excluding hydrogens is 338 g/mol.